The van der Waals surface area contributed by atoms with Gasteiger partial charge in [0.15, 0.2) is 0 Å². The van der Waals surface area contributed by atoms with Crippen molar-refractivity contribution in [3.05, 3.63) is 42.0 Å². The van der Waals surface area contributed by atoms with Gasteiger partial charge < -0.3 is 10.4 Å². The Morgan fingerprint density at radius 2 is 1.89 bits per heavy atom. The first-order chi connectivity index (χ1) is 9.15. The first-order valence-corrected chi connectivity index (χ1v) is 6.91. The maximum absolute atomic E-state index is 10.8. The highest BCUT2D eigenvalue weighted by Gasteiger charge is 2.12. The number of carboxylic acids is 1. The normalized spacial score (nSPS) is 20.4. The molecule has 1 aromatic rings. The van der Waals surface area contributed by atoms with Gasteiger partial charge in [0.05, 0.1) is 5.56 Å². The van der Waals surface area contributed by atoms with Crippen molar-refractivity contribution >= 4 is 11.7 Å². The van der Waals surface area contributed by atoms with Crippen LogP contribution in [0.15, 0.2) is 36.4 Å². The molecule has 0 aromatic heterocycles. The molecule has 1 fully saturated rings. The van der Waals surface area contributed by atoms with Gasteiger partial charge in [-0.15, -0.1) is 0 Å². The smallest absolute Gasteiger partial charge is 0.335 e. The van der Waals surface area contributed by atoms with Crippen molar-refractivity contribution in [2.24, 2.45) is 0 Å². The van der Waals surface area contributed by atoms with E-state index >= 15 is 0 Å². The summed E-state index contributed by atoms with van der Waals surface area (Å²) in [6.07, 6.45) is 7.00. The maximum atomic E-state index is 10.8. The van der Waals surface area contributed by atoms with Crippen LogP contribution >= 0.6 is 0 Å². The predicted octanol–water partition coefficient (Wildman–Crippen LogP) is 4.08. The molecular weight excluding hydrogens is 238 g/mol. The van der Waals surface area contributed by atoms with Gasteiger partial charge >= 0.3 is 5.97 Å². The third-order valence-electron chi connectivity index (χ3n) is 3.68. The standard InChI is InChI=1S/C16H21NO2/c1-12-4-2-3-5-14(9-6-12)17-15-10-7-13(8-11-15)16(18)19/h7-8,10-11,14,17H,1-6,9H2,(H,18,19). The van der Waals surface area contributed by atoms with Crippen molar-refractivity contribution in [1.29, 1.82) is 0 Å². The molecule has 3 nitrogen and oxygen atoms in total. The van der Waals surface area contributed by atoms with Crippen LogP contribution in [0.2, 0.25) is 0 Å². The van der Waals surface area contributed by atoms with Gasteiger partial charge in [-0.05, 0) is 56.4 Å². The summed E-state index contributed by atoms with van der Waals surface area (Å²) in [5.41, 5.74) is 2.69. The summed E-state index contributed by atoms with van der Waals surface area (Å²) in [4.78, 5) is 10.8. The van der Waals surface area contributed by atoms with Crippen molar-refractivity contribution in [3.63, 3.8) is 0 Å². The molecule has 0 saturated heterocycles. The zero-order chi connectivity index (χ0) is 13.7. The minimum Gasteiger partial charge on any atom is -0.478 e. The van der Waals surface area contributed by atoms with Crippen LogP contribution in [0.25, 0.3) is 0 Å². The molecule has 0 spiro atoms. The van der Waals surface area contributed by atoms with Gasteiger partial charge in [0, 0.05) is 11.7 Å². The van der Waals surface area contributed by atoms with Crippen LogP contribution in [0.4, 0.5) is 5.69 Å². The van der Waals surface area contributed by atoms with E-state index in [-0.39, 0.29) is 0 Å². The van der Waals surface area contributed by atoms with Gasteiger partial charge in [-0.3, -0.25) is 0 Å². The molecule has 2 rings (SSSR count). The molecule has 19 heavy (non-hydrogen) atoms. The Morgan fingerprint density at radius 3 is 2.58 bits per heavy atom. The van der Waals surface area contributed by atoms with E-state index in [1.165, 1.54) is 31.3 Å². The molecule has 1 aliphatic rings. The van der Waals surface area contributed by atoms with Gasteiger partial charge in [0.1, 0.15) is 0 Å². The molecule has 1 aromatic carbocycles. The lowest BCUT2D eigenvalue weighted by atomic mass is 9.94. The average Bonchev–Trinajstić information content (AvgIpc) is 2.38. The number of allylic oxidation sites excluding steroid dienone is 1. The molecule has 1 unspecified atom stereocenters. The van der Waals surface area contributed by atoms with Crippen LogP contribution in [-0.2, 0) is 0 Å². The van der Waals surface area contributed by atoms with Gasteiger partial charge in [-0.1, -0.05) is 18.6 Å². The number of rotatable bonds is 3. The number of nitrogens with one attached hydrogen (secondary N) is 1. The molecule has 1 aliphatic carbocycles. The predicted molar refractivity (Wildman–Crippen MR) is 77.7 cm³/mol. The van der Waals surface area contributed by atoms with Gasteiger partial charge in [0.2, 0.25) is 0 Å². The number of hydrogen-bond acceptors (Lipinski definition) is 2. The van der Waals surface area contributed by atoms with E-state index in [2.05, 4.69) is 11.9 Å². The minimum atomic E-state index is -0.881. The summed E-state index contributed by atoms with van der Waals surface area (Å²) in [5.74, 6) is -0.881. The molecule has 3 heteroatoms. The molecule has 0 radical (unpaired) electrons. The number of aromatic carboxylic acids is 1. The van der Waals surface area contributed by atoms with E-state index in [9.17, 15) is 4.79 Å². The molecule has 1 saturated carbocycles. The van der Waals surface area contributed by atoms with Gasteiger partial charge in [-0.25, -0.2) is 4.79 Å². The topological polar surface area (TPSA) is 49.3 Å². The second-order valence-corrected chi connectivity index (χ2v) is 5.26. The third-order valence-corrected chi connectivity index (χ3v) is 3.68. The monoisotopic (exact) mass is 259 g/mol. The number of hydrogen-bond donors (Lipinski definition) is 2. The van der Waals surface area contributed by atoms with Crippen LogP contribution in [0.1, 0.15) is 48.9 Å². The Bertz CT molecular complexity index is 450. The fraction of sp³-hybridized carbons (Fsp3) is 0.438. The Morgan fingerprint density at radius 1 is 1.16 bits per heavy atom. The number of benzene rings is 1. The molecule has 0 heterocycles. The maximum Gasteiger partial charge on any atom is 0.335 e. The lowest BCUT2D eigenvalue weighted by molar-refractivity contribution is 0.0697. The number of carboxylic acid groups (broad SMARTS) is 1. The fourth-order valence-electron chi connectivity index (χ4n) is 2.50. The number of carbonyl (C=O) groups is 1. The molecule has 0 bridgehead atoms. The lowest BCUT2D eigenvalue weighted by Gasteiger charge is -2.23. The Balaban J connectivity index is 1.95. The molecular formula is C16H21NO2. The highest BCUT2D eigenvalue weighted by atomic mass is 16.4. The van der Waals surface area contributed by atoms with Gasteiger partial charge in [-0.2, -0.15) is 0 Å². The van der Waals surface area contributed by atoms with E-state index in [1.807, 2.05) is 12.1 Å². The lowest BCUT2D eigenvalue weighted by Crippen LogP contribution is -2.20. The van der Waals surface area contributed by atoms with E-state index < -0.39 is 5.97 Å². The Labute approximate surface area is 114 Å². The van der Waals surface area contributed by atoms with E-state index in [0.717, 1.165) is 18.5 Å². The quantitative estimate of drug-likeness (QED) is 0.804. The highest BCUT2D eigenvalue weighted by molar-refractivity contribution is 5.87. The van der Waals surface area contributed by atoms with Crippen molar-refractivity contribution in [2.75, 3.05) is 5.32 Å². The third kappa shape index (κ3) is 4.12. The van der Waals surface area contributed by atoms with Crippen LogP contribution in [0.5, 0.6) is 0 Å². The first-order valence-electron chi connectivity index (χ1n) is 6.91. The van der Waals surface area contributed by atoms with E-state index in [4.69, 9.17) is 5.11 Å². The first kappa shape index (κ1) is 13.7. The molecule has 102 valence electrons. The summed E-state index contributed by atoms with van der Waals surface area (Å²) in [6, 6.07) is 7.44. The molecule has 1 atom stereocenters. The summed E-state index contributed by atoms with van der Waals surface area (Å²) in [7, 11) is 0. The highest BCUT2D eigenvalue weighted by Crippen LogP contribution is 2.23. The summed E-state index contributed by atoms with van der Waals surface area (Å²) < 4.78 is 0. The Hall–Kier alpha value is -1.77. The number of anilines is 1. The summed E-state index contributed by atoms with van der Waals surface area (Å²) in [5, 5.41) is 12.4. The average molecular weight is 259 g/mol. The van der Waals surface area contributed by atoms with Crippen molar-refractivity contribution in [2.45, 2.75) is 44.6 Å². The zero-order valence-corrected chi connectivity index (χ0v) is 11.2. The SMILES string of the molecule is C=C1CCCCC(Nc2ccc(C(=O)O)cc2)CC1. The minimum absolute atomic E-state index is 0.330. The van der Waals surface area contributed by atoms with Crippen molar-refractivity contribution < 1.29 is 9.90 Å². The summed E-state index contributed by atoms with van der Waals surface area (Å²) in [6.45, 7) is 4.10. The second kappa shape index (κ2) is 6.41. The molecule has 2 N–H and O–H groups in total. The van der Waals surface area contributed by atoms with Gasteiger partial charge in [0.25, 0.3) is 0 Å². The van der Waals surface area contributed by atoms with Crippen LogP contribution in [-0.4, -0.2) is 17.1 Å². The largest absolute Gasteiger partial charge is 0.478 e. The van der Waals surface area contributed by atoms with Crippen molar-refractivity contribution in [1.82, 2.24) is 0 Å². The summed E-state index contributed by atoms with van der Waals surface area (Å²) >= 11 is 0. The molecule has 0 amide bonds. The van der Waals surface area contributed by atoms with E-state index in [1.54, 1.807) is 12.1 Å². The molecule has 0 aliphatic heterocycles. The Kier molecular flexibility index (Phi) is 4.61. The van der Waals surface area contributed by atoms with E-state index in [0.29, 0.717) is 11.6 Å². The fourth-order valence-corrected chi connectivity index (χ4v) is 2.50. The zero-order valence-electron chi connectivity index (χ0n) is 11.2. The van der Waals surface area contributed by atoms with Crippen molar-refractivity contribution in [3.8, 4) is 0 Å². The van der Waals surface area contributed by atoms with Crippen LogP contribution < -0.4 is 5.32 Å². The second-order valence-electron chi connectivity index (χ2n) is 5.26. The van der Waals surface area contributed by atoms with Crippen LogP contribution in [0.3, 0.4) is 0 Å². The van der Waals surface area contributed by atoms with Crippen LogP contribution in [0, 0.1) is 0 Å².